The number of hydrogen-bond acceptors (Lipinski definition) is 3. The summed E-state index contributed by atoms with van der Waals surface area (Å²) in [6, 6.07) is 5.79. The molecule has 0 atom stereocenters. The highest BCUT2D eigenvalue weighted by molar-refractivity contribution is 7.80. The summed E-state index contributed by atoms with van der Waals surface area (Å²) in [4.78, 5) is 7.36. The van der Waals surface area contributed by atoms with Crippen LogP contribution in [0.5, 0.6) is 0 Å². The van der Waals surface area contributed by atoms with Crippen molar-refractivity contribution in [3.05, 3.63) is 30.1 Å². The number of nitrogens with zero attached hydrogens (tertiary/aromatic N) is 2. The molecule has 16 heavy (non-hydrogen) atoms. The van der Waals surface area contributed by atoms with Gasteiger partial charge < -0.3 is 5.32 Å². The zero-order valence-electron chi connectivity index (χ0n) is 9.35. The van der Waals surface area contributed by atoms with Crippen LogP contribution in [0.1, 0.15) is 25.0 Å². The van der Waals surface area contributed by atoms with Crippen molar-refractivity contribution in [1.29, 1.82) is 0 Å². The Labute approximate surface area is 102 Å². The van der Waals surface area contributed by atoms with Crippen LogP contribution < -0.4 is 5.32 Å². The Kier molecular flexibility index (Phi) is 4.25. The Morgan fingerprint density at radius 2 is 2.12 bits per heavy atom. The summed E-state index contributed by atoms with van der Waals surface area (Å²) in [6.45, 7) is 3.20. The summed E-state index contributed by atoms with van der Waals surface area (Å²) in [6.07, 6.45) is 5.74. The third-order valence-corrected chi connectivity index (χ3v) is 3.16. The highest BCUT2D eigenvalue weighted by Gasteiger charge is 2.10. The van der Waals surface area contributed by atoms with Crippen LogP contribution in [0.15, 0.2) is 24.4 Å². The zero-order valence-corrected chi connectivity index (χ0v) is 10.2. The van der Waals surface area contributed by atoms with Gasteiger partial charge in [0.1, 0.15) is 4.99 Å². The van der Waals surface area contributed by atoms with Crippen molar-refractivity contribution in [2.24, 2.45) is 0 Å². The predicted octanol–water partition coefficient (Wildman–Crippen LogP) is 1.79. The van der Waals surface area contributed by atoms with Gasteiger partial charge in [-0.2, -0.15) is 0 Å². The zero-order chi connectivity index (χ0) is 11.2. The molecule has 1 saturated heterocycles. The van der Waals surface area contributed by atoms with Crippen molar-refractivity contribution in [2.45, 2.75) is 19.3 Å². The van der Waals surface area contributed by atoms with E-state index in [1.54, 1.807) is 6.20 Å². The number of nitrogens with one attached hydrogen (secondary N) is 1. The first-order valence-corrected chi connectivity index (χ1v) is 6.19. The molecule has 2 heterocycles. The Balaban J connectivity index is 1.79. The van der Waals surface area contributed by atoms with E-state index in [0.717, 1.165) is 17.4 Å². The van der Waals surface area contributed by atoms with Crippen molar-refractivity contribution in [3.63, 3.8) is 0 Å². The largest absolute Gasteiger partial charge is 0.362 e. The van der Waals surface area contributed by atoms with Gasteiger partial charge >= 0.3 is 0 Å². The lowest BCUT2D eigenvalue weighted by atomic mass is 10.1. The van der Waals surface area contributed by atoms with Gasteiger partial charge in [0, 0.05) is 6.20 Å². The summed E-state index contributed by atoms with van der Waals surface area (Å²) >= 11 is 5.29. The average molecular weight is 235 g/mol. The molecule has 0 saturated carbocycles. The monoisotopic (exact) mass is 235 g/mol. The van der Waals surface area contributed by atoms with E-state index in [2.05, 4.69) is 15.2 Å². The summed E-state index contributed by atoms with van der Waals surface area (Å²) in [5, 5.41) is 3.26. The number of pyridine rings is 1. The maximum absolute atomic E-state index is 5.29. The third kappa shape index (κ3) is 3.25. The molecule has 0 unspecified atom stereocenters. The molecule has 1 aliphatic heterocycles. The van der Waals surface area contributed by atoms with Gasteiger partial charge in [0.2, 0.25) is 0 Å². The molecular formula is C12H17N3S. The van der Waals surface area contributed by atoms with E-state index in [9.17, 15) is 0 Å². The van der Waals surface area contributed by atoms with Crippen LogP contribution in [0.3, 0.4) is 0 Å². The Hall–Kier alpha value is -1.00. The number of aromatic nitrogens is 1. The average Bonchev–Trinajstić information content (AvgIpc) is 2.38. The first kappa shape index (κ1) is 11.5. The van der Waals surface area contributed by atoms with Crippen LogP contribution in [0.25, 0.3) is 0 Å². The van der Waals surface area contributed by atoms with Crippen LogP contribution in [0, 0.1) is 0 Å². The van der Waals surface area contributed by atoms with Crippen molar-refractivity contribution < 1.29 is 0 Å². The summed E-state index contributed by atoms with van der Waals surface area (Å²) in [5.41, 5.74) is 0.856. The van der Waals surface area contributed by atoms with E-state index in [1.807, 2.05) is 18.2 Å². The van der Waals surface area contributed by atoms with Crippen LogP contribution in [0.2, 0.25) is 0 Å². The molecule has 1 N–H and O–H groups in total. The highest BCUT2D eigenvalue weighted by Crippen LogP contribution is 2.07. The number of likely N-dealkylation sites (tertiary alicyclic amines) is 1. The number of piperidine rings is 1. The maximum atomic E-state index is 5.29. The molecular weight excluding hydrogens is 218 g/mol. The van der Waals surface area contributed by atoms with Crippen molar-refractivity contribution >= 4 is 17.2 Å². The molecule has 1 aromatic heterocycles. The molecule has 0 aliphatic carbocycles. The lowest BCUT2D eigenvalue weighted by Crippen LogP contribution is -2.40. The van der Waals surface area contributed by atoms with Gasteiger partial charge in [0.15, 0.2) is 0 Å². The van der Waals surface area contributed by atoms with E-state index in [1.165, 1.54) is 32.4 Å². The van der Waals surface area contributed by atoms with E-state index in [0.29, 0.717) is 0 Å². The minimum Gasteiger partial charge on any atom is -0.362 e. The first-order chi connectivity index (χ1) is 7.86. The van der Waals surface area contributed by atoms with Gasteiger partial charge in [-0.1, -0.05) is 24.7 Å². The smallest absolute Gasteiger partial charge is 0.126 e. The molecule has 2 rings (SSSR count). The van der Waals surface area contributed by atoms with Crippen molar-refractivity contribution in [2.75, 3.05) is 19.8 Å². The lowest BCUT2D eigenvalue weighted by molar-refractivity contribution is 0.225. The molecule has 86 valence electrons. The standard InChI is InChI=1S/C12H17N3S/c16-12(11-6-2-3-7-13-11)14-10-15-8-4-1-5-9-15/h2-3,6-7H,1,4-5,8-10H2,(H,14,16). The summed E-state index contributed by atoms with van der Waals surface area (Å²) < 4.78 is 0. The molecule has 0 aromatic carbocycles. The van der Waals surface area contributed by atoms with Crippen molar-refractivity contribution in [3.8, 4) is 0 Å². The molecule has 0 bridgehead atoms. The van der Waals surface area contributed by atoms with E-state index >= 15 is 0 Å². The number of hydrogen-bond donors (Lipinski definition) is 1. The van der Waals surface area contributed by atoms with E-state index < -0.39 is 0 Å². The fraction of sp³-hybridized carbons (Fsp3) is 0.500. The first-order valence-electron chi connectivity index (χ1n) is 5.78. The van der Waals surface area contributed by atoms with Gasteiger partial charge in [0.05, 0.1) is 12.4 Å². The normalized spacial score (nSPS) is 17.0. The molecule has 1 aromatic rings. The summed E-state index contributed by atoms with van der Waals surface area (Å²) in [7, 11) is 0. The van der Waals surface area contributed by atoms with E-state index in [4.69, 9.17) is 12.2 Å². The Morgan fingerprint density at radius 1 is 1.31 bits per heavy atom. The maximum Gasteiger partial charge on any atom is 0.126 e. The lowest BCUT2D eigenvalue weighted by Gasteiger charge is -2.26. The van der Waals surface area contributed by atoms with Crippen LogP contribution in [0.4, 0.5) is 0 Å². The predicted molar refractivity (Wildman–Crippen MR) is 69.4 cm³/mol. The van der Waals surface area contributed by atoms with Gasteiger partial charge in [-0.3, -0.25) is 9.88 Å². The Bertz CT molecular complexity index is 333. The second kappa shape index (κ2) is 5.92. The third-order valence-electron chi connectivity index (χ3n) is 2.81. The molecule has 1 fully saturated rings. The second-order valence-corrected chi connectivity index (χ2v) is 4.47. The molecule has 1 aliphatic rings. The van der Waals surface area contributed by atoms with Crippen molar-refractivity contribution in [1.82, 2.24) is 15.2 Å². The molecule has 0 spiro atoms. The van der Waals surface area contributed by atoms with Gasteiger partial charge in [-0.25, -0.2) is 0 Å². The minimum absolute atomic E-state index is 0.742. The van der Waals surface area contributed by atoms with Crippen LogP contribution in [-0.2, 0) is 0 Å². The second-order valence-electron chi connectivity index (χ2n) is 4.06. The molecule has 4 heteroatoms. The summed E-state index contributed by atoms with van der Waals surface area (Å²) in [5.74, 6) is 0. The van der Waals surface area contributed by atoms with E-state index in [-0.39, 0.29) is 0 Å². The number of rotatable bonds is 3. The van der Waals surface area contributed by atoms with Gasteiger partial charge in [-0.15, -0.1) is 0 Å². The van der Waals surface area contributed by atoms with Crippen LogP contribution in [-0.4, -0.2) is 34.6 Å². The SMILES string of the molecule is S=C(NCN1CCCCC1)c1ccccn1. The fourth-order valence-electron chi connectivity index (χ4n) is 1.89. The highest BCUT2D eigenvalue weighted by atomic mass is 32.1. The minimum atomic E-state index is 0.742. The quantitative estimate of drug-likeness (QED) is 0.809. The molecule has 3 nitrogen and oxygen atoms in total. The van der Waals surface area contributed by atoms with Gasteiger partial charge in [-0.05, 0) is 38.1 Å². The topological polar surface area (TPSA) is 28.2 Å². The molecule has 0 radical (unpaired) electrons. The Morgan fingerprint density at radius 3 is 2.81 bits per heavy atom. The van der Waals surface area contributed by atoms with Gasteiger partial charge in [0.25, 0.3) is 0 Å². The number of thiocarbonyl (C=S) groups is 1. The molecule has 0 amide bonds. The van der Waals surface area contributed by atoms with Crippen LogP contribution >= 0.6 is 12.2 Å². The fourth-order valence-corrected chi connectivity index (χ4v) is 2.07.